The van der Waals surface area contributed by atoms with E-state index >= 15 is 0 Å². The number of amides is 1. The Hall–Kier alpha value is -2.54. The summed E-state index contributed by atoms with van der Waals surface area (Å²) in [6, 6.07) is 7.66. The van der Waals surface area contributed by atoms with E-state index < -0.39 is 6.10 Å². The van der Waals surface area contributed by atoms with Crippen LogP contribution in [0.2, 0.25) is 5.02 Å². The first-order chi connectivity index (χ1) is 14.1. The number of carbonyl (C=O) groups is 1. The highest BCUT2D eigenvalue weighted by Gasteiger charge is 2.29. The molecule has 30 heavy (non-hydrogen) atoms. The fourth-order valence-corrected chi connectivity index (χ4v) is 3.66. The fourth-order valence-electron chi connectivity index (χ4n) is 3.21. The highest BCUT2D eigenvalue weighted by Crippen LogP contribution is 2.28. The molecular weight excluding hydrogens is 402 g/mol. The van der Waals surface area contributed by atoms with Crippen molar-refractivity contribution in [2.45, 2.75) is 65.5 Å². The van der Waals surface area contributed by atoms with Gasteiger partial charge in [-0.25, -0.2) is 5.10 Å². The maximum Gasteiger partial charge on any atom is 0.344 e. The average Bonchev–Trinajstić information content (AvgIpc) is 3.23. The number of ether oxygens (including phenoxy) is 1. The van der Waals surface area contributed by atoms with Gasteiger partial charge in [-0.05, 0) is 38.0 Å². The Kier molecular flexibility index (Phi) is 6.41. The number of benzene rings is 1. The second-order valence-corrected chi connectivity index (χ2v) is 9.14. The molecule has 0 aliphatic rings. The van der Waals surface area contributed by atoms with Gasteiger partial charge in [0.2, 0.25) is 6.33 Å². The van der Waals surface area contributed by atoms with E-state index in [0.29, 0.717) is 29.4 Å². The maximum absolute atomic E-state index is 12.6. The van der Waals surface area contributed by atoms with Gasteiger partial charge in [-0.1, -0.05) is 51.4 Å². The molecule has 7 nitrogen and oxygen atoms in total. The van der Waals surface area contributed by atoms with E-state index in [4.69, 9.17) is 16.3 Å². The third-order valence-corrected chi connectivity index (χ3v) is 5.38. The van der Waals surface area contributed by atoms with Crippen LogP contribution in [0.5, 0.6) is 5.75 Å². The predicted molar refractivity (Wildman–Crippen MR) is 117 cm³/mol. The summed E-state index contributed by atoms with van der Waals surface area (Å²) in [6.45, 7) is 12.6. The van der Waals surface area contributed by atoms with Crippen LogP contribution >= 0.6 is 11.6 Å². The minimum absolute atomic E-state index is 0.0483. The summed E-state index contributed by atoms with van der Waals surface area (Å²) >= 11 is 6.52. The number of nitrogens with one attached hydrogen (secondary N) is 2. The number of carbonyl (C=O) groups excluding carboxylic acids is 1. The number of H-pyrrole nitrogens is 1. The van der Waals surface area contributed by atoms with Crippen LogP contribution in [0.15, 0.2) is 30.6 Å². The van der Waals surface area contributed by atoms with Gasteiger partial charge < -0.3 is 10.1 Å². The summed E-state index contributed by atoms with van der Waals surface area (Å²) < 4.78 is 9.49. The normalized spacial score (nSPS) is 14.0. The van der Waals surface area contributed by atoms with Gasteiger partial charge in [-0.15, -0.1) is 9.20 Å². The van der Waals surface area contributed by atoms with Crippen molar-refractivity contribution in [1.29, 1.82) is 0 Å². The summed E-state index contributed by atoms with van der Waals surface area (Å²) in [5, 5.41) is 11.5. The highest BCUT2D eigenvalue weighted by atomic mass is 35.5. The van der Waals surface area contributed by atoms with Crippen LogP contribution in [-0.4, -0.2) is 33.4 Å². The van der Waals surface area contributed by atoms with Gasteiger partial charge >= 0.3 is 5.65 Å². The molecule has 0 aliphatic carbocycles. The van der Waals surface area contributed by atoms with Crippen LogP contribution < -0.4 is 14.6 Å². The average molecular weight is 433 g/mol. The van der Waals surface area contributed by atoms with E-state index in [2.05, 4.69) is 36.3 Å². The number of aromatic nitrogens is 4. The Morgan fingerprint density at radius 3 is 2.73 bits per heavy atom. The number of aromatic amines is 1. The first kappa shape index (κ1) is 22.2. The fraction of sp³-hybridized carbons (Fsp3) is 0.500. The van der Waals surface area contributed by atoms with Crippen molar-refractivity contribution in [3.8, 4) is 5.75 Å². The summed E-state index contributed by atoms with van der Waals surface area (Å²) in [6.07, 6.45) is 1.90. The van der Waals surface area contributed by atoms with E-state index in [9.17, 15) is 4.79 Å². The molecule has 2 aromatic heterocycles. The molecular formula is C22H31ClN5O2+. The lowest BCUT2D eigenvalue weighted by atomic mass is 9.92. The van der Waals surface area contributed by atoms with Crippen molar-refractivity contribution >= 4 is 23.2 Å². The molecule has 0 bridgehead atoms. The van der Waals surface area contributed by atoms with Gasteiger partial charge in [0.05, 0.1) is 12.2 Å². The Morgan fingerprint density at radius 2 is 2.13 bits per heavy atom. The van der Waals surface area contributed by atoms with Crippen LogP contribution in [-0.2, 0) is 10.2 Å². The summed E-state index contributed by atoms with van der Waals surface area (Å²) in [7, 11) is 0. The number of hydrogen-bond donors (Lipinski definition) is 2. The lowest BCUT2D eigenvalue weighted by Gasteiger charge is -2.18. The molecule has 0 saturated carbocycles. The quantitative estimate of drug-likeness (QED) is 0.558. The standard InChI is InChI=1S/C22H30ClN5O2/c1-7-17(30-16-10-8-9-14(2)11-16)21(29)24-12-15(3)27-13-28-20(26-27)18(23)19(25-28)22(4,5)6/h8-11,13,15,17H,7,12H2,1-6H3,(H-,24,25,26,29)/p+1. The van der Waals surface area contributed by atoms with E-state index in [0.717, 1.165) is 11.3 Å². The Balaban J connectivity index is 1.64. The van der Waals surface area contributed by atoms with Gasteiger partial charge in [0.25, 0.3) is 5.91 Å². The van der Waals surface area contributed by atoms with Crippen LogP contribution in [0.25, 0.3) is 5.65 Å². The van der Waals surface area contributed by atoms with Gasteiger partial charge in [-0.3, -0.25) is 4.79 Å². The van der Waals surface area contributed by atoms with Crippen molar-refractivity contribution in [3.05, 3.63) is 46.9 Å². The minimum Gasteiger partial charge on any atom is -0.481 e. The molecule has 0 radical (unpaired) electrons. The summed E-state index contributed by atoms with van der Waals surface area (Å²) in [4.78, 5) is 12.6. The SMILES string of the molecule is CCC(Oc1cccc(C)c1)C(=O)NCC(C)n1c[n+]2[nH]c(C(C)(C)C)c(Cl)c2n1. The molecule has 1 aromatic carbocycles. The van der Waals surface area contributed by atoms with E-state index in [1.54, 1.807) is 4.68 Å². The third kappa shape index (κ3) is 4.78. The van der Waals surface area contributed by atoms with Crippen molar-refractivity contribution in [3.63, 3.8) is 0 Å². The molecule has 2 unspecified atom stereocenters. The number of hydrogen-bond acceptors (Lipinski definition) is 3. The minimum atomic E-state index is -0.538. The molecule has 2 atom stereocenters. The van der Waals surface area contributed by atoms with Crippen LogP contribution in [0.3, 0.4) is 0 Å². The largest absolute Gasteiger partial charge is 0.481 e. The maximum atomic E-state index is 12.6. The molecule has 0 aliphatic heterocycles. The molecule has 2 heterocycles. The number of fused-ring (bicyclic) bond motifs is 1. The summed E-state index contributed by atoms with van der Waals surface area (Å²) in [5.74, 6) is 0.566. The molecule has 3 aromatic rings. The zero-order valence-corrected chi connectivity index (χ0v) is 19.2. The van der Waals surface area contributed by atoms with Crippen molar-refractivity contribution < 1.29 is 14.0 Å². The second kappa shape index (κ2) is 8.68. The number of rotatable bonds is 7. The van der Waals surface area contributed by atoms with Gasteiger partial charge in [0.15, 0.2) is 6.10 Å². The predicted octanol–water partition coefficient (Wildman–Crippen LogP) is 3.74. The van der Waals surface area contributed by atoms with Gasteiger partial charge in [0.1, 0.15) is 16.8 Å². The lowest BCUT2D eigenvalue weighted by Crippen LogP contribution is -2.40. The molecule has 3 rings (SSSR count). The number of nitrogens with zero attached hydrogens (tertiary/aromatic N) is 3. The van der Waals surface area contributed by atoms with Crippen LogP contribution in [0.1, 0.15) is 58.3 Å². The van der Waals surface area contributed by atoms with Crippen molar-refractivity contribution in [2.24, 2.45) is 0 Å². The molecule has 2 N–H and O–H groups in total. The number of aryl methyl sites for hydroxylation is 1. The monoisotopic (exact) mass is 432 g/mol. The highest BCUT2D eigenvalue weighted by molar-refractivity contribution is 6.33. The zero-order chi connectivity index (χ0) is 22.1. The van der Waals surface area contributed by atoms with E-state index in [-0.39, 0.29) is 17.4 Å². The number of halogens is 1. The molecule has 0 spiro atoms. The second-order valence-electron chi connectivity index (χ2n) is 8.77. The Labute approximate surface area is 182 Å². The first-order valence-electron chi connectivity index (χ1n) is 10.3. The van der Waals surface area contributed by atoms with Crippen molar-refractivity contribution in [2.75, 3.05) is 6.54 Å². The molecule has 1 amide bonds. The molecule has 0 saturated heterocycles. The third-order valence-electron chi connectivity index (χ3n) is 5.02. The molecule has 162 valence electrons. The lowest BCUT2D eigenvalue weighted by molar-refractivity contribution is -0.578. The topological polar surface area (TPSA) is 76.0 Å². The molecule has 8 heteroatoms. The van der Waals surface area contributed by atoms with Crippen molar-refractivity contribution in [1.82, 2.24) is 20.2 Å². The van der Waals surface area contributed by atoms with E-state index in [1.165, 1.54) is 0 Å². The first-order valence-corrected chi connectivity index (χ1v) is 10.7. The summed E-state index contributed by atoms with van der Waals surface area (Å²) in [5.41, 5.74) is 2.61. The van der Waals surface area contributed by atoms with Gasteiger partial charge in [0, 0.05) is 10.5 Å². The van der Waals surface area contributed by atoms with E-state index in [1.807, 2.05) is 55.9 Å². The Bertz CT molecular complexity index is 1030. The Morgan fingerprint density at radius 1 is 1.40 bits per heavy atom. The van der Waals surface area contributed by atoms with Crippen LogP contribution in [0, 0.1) is 6.92 Å². The smallest absolute Gasteiger partial charge is 0.344 e. The zero-order valence-electron chi connectivity index (χ0n) is 18.5. The van der Waals surface area contributed by atoms with Gasteiger partial charge in [-0.2, -0.15) is 0 Å². The van der Waals surface area contributed by atoms with Crippen LogP contribution in [0.4, 0.5) is 0 Å². The molecule has 0 fully saturated rings.